The van der Waals surface area contributed by atoms with Crippen LogP contribution >= 0.6 is 11.8 Å². The molecule has 2 atom stereocenters. The lowest BCUT2D eigenvalue weighted by Gasteiger charge is -2.26. The molecule has 2 unspecified atom stereocenters. The molecule has 5 nitrogen and oxygen atoms in total. The third kappa shape index (κ3) is 3.42. The number of benzene rings is 1. The van der Waals surface area contributed by atoms with Crippen molar-refractivity contribution in [1.82, 2.24) is 0 Å². The number of ketones is 1. The Balaban J connectivity index is 1.93. The molecule has 0 saturated carbocycles. The van der Waals surface area contributed by atoms with Gasteiger partial charge in [0.1, 0.15) is 0 Å². The first-order valence-corrected chi connectivity index (χ1v) is 10.5. The molecular weight excluding hydrogens is 344 g/mol. The Kier molecular flexibility index (Phi) is 4.57. The predicted molar refractivity (Wildman–Crippen MR) is 99.9 cm³/mol. The maximum absolute atomic E-state index is 12.0. The Morgan fingerprint density at radius 3 is 2.54 bits per heavy atom. The minimum atomic E-state index is -3.05. The topological polar surface area (TPSA) is 66.8 Å². The number of thioether (sulfide) groups is 1. The standard InChI is InChI=1S/C17H20N2O3S2/c1-11(2)8-23-17-18-15-9-24(21,22)10-16(15)19(17)14-6-4-13(5-7-14)12(3)20/h4-7,15-16H,1,8-10H2,2-3H3. The van der Waals surface area contributed by atoms with Gasteiger partial charge < -0.3 is 4.90 Å². The SMILES string of the molecule is C=C(C)CSC1=NC2CS(=O)(=O)CC2N1c1ccc(C(C)=O)cc1. The number of carbonyl (C=O) groups is 1. The Labute approximate surface area is 146 Å². The van der Waals surface area contributed by atoms with Crippen molar-refractivity contribution in [3.05, 3.63) is 42.0 Å². The number of sulfone groups is 1. The molecule has 0 spiro atoms. The molecule has 1 saturated heterocycles. The summed E-state index contributed by atoms with van der Waals surface area (Å²) in [5.41, 5.74) is 2.55. The number of anilines is 1. The Morgan fingerprint density at radius 1 is 1.29 bits per heavy atom. The Bertz CT molecular complexity index is 813. The van der Waals surface area contributed by atoms with E-state index >= 15 is 0 Å². The summed E-state index contributed by atoms with van der Waals surface area (Å²) in [5.74, 6) is 0.978. The summed E-state index contributed by atoms with van der Waals surface area (Å²) in [7, 11) is -3.05. The van der Waals surface area contributed by atoms with Crippen molar-refractivity contribution in [3.8, 4) is 0 Å². The highest BCUT2D eigenvalue weighted by Crippen LogP contribution is 2.35. The minimum absolute atomic E-state index is 0.00911. The van der Waals surface area contributed by atoms with Gasteiger partial charge in [0, 0.05) is 17.0 Å². The Hall–Kier alpha value is -1.60. The van der Waals surface area contributed by atoms with Gasteiger partial charge >= 0.3 is 0 Å². The highest BCUT2D eigenvalue weighted by Gasteiger charge is 2.47. The van der Waals surface area contributed by atoms with E-state index in [4.69, 9.17) is 0 Å². The van der Waals surface area contributed by atoms with Crippen LogP contribution in [0.15, 0.2) is 41.4 Å². The van der Waals surface area contributed by atoms with Crippen LogP contribution in [0.5, 0.6) is 0 Å². The second-order valence-corrected chi connectivity index (χ2v) is 9.44. The molecular formula is C17H20N2O3S2. The third-order valence-corrected chi connectivity index (χ3v) is 7.00. The summed E-state index contributed by atoms with van der Waals surface area (Å²) in [4.78, 5) is 18.1. The number of hydrogen-bond donors (Lipinski definition) is 0. The van der Waals surface area contributed by atoms with Gasteiger partial charge in [-0.2, -0.15) is 0 Å². The quantitative estimate of drug-likeness (QED) is 0.607. The van der Waals surface area contributed by atoms with E-state index in [-0.39, 0.29) is 29.4 Å². The third-order valence-electron chi connectivity index (χ3n) is 4.11. The van der Waals surface area contributed by atoms with Crippen LogP contribution in [0.25, 0.3) is 0 Å². The van der Waals surface area contributed by atoms with Crippen molar-refractivity contribution in [2.24, 2.45) is 4.99 Å². The first-order valence-electron chi connectivity index (χ1n) is 7.72. The van der Waals surface area contributed by atoms with Crippen molar-refractivity contribution in [3.63, 3.8) is 0 Å². The lowest BCUT2D eigenvalue weighted by molar-refractivity contribution is 0.101. The fraction of sp³-hybridized carbons (Fsp3) is 0.412. The lowest BCUT2D eigenvalue weighted by Crippen LogP contribution is -2.39. The minimum Gasteiger partial charge on any atom is -0.315 e. The predicted octanol–water partition coefficient (Wildman–Crippen LogP) is 2.54. The second-order valence-electron chi connectivity index (χ2n) is 6.34. The molecule has 0 aromatic heterocycles. The van der Waals surface area contributed by atoms with Crippen molar-refractivity contribution in [2.75, 3.05) is 22.2 Å². The molecule has 2 aliphatic rings. The smallest absolute Gasteiger partial charge is 0.164 e. The zero-order valence-electron chi connectivity index (χ0n) is 13.7. The van der Waals surface area contributed by atoms with E-state index in [9.17, 15) is 13.2 Å². The van der Waals surface area contributed by atoms with E-state index < -0.39 is 9.84 Å². The first kappa shape index (κ1) is 17.2. The number of aliphatic imine (C=N–C) groups is 1. The van der Waals surface area contributed by atoms with Crippen LogP contribution in [0.1, 0.15) is 24.2 Å². The fourth-order valence-corrected chi connectivity index (χ4v) is 5.79. The fourth-order valence-electron chi connectivity index (χ4n) is 2.98. The van der Waals surface area contributed by atoms with Gasteiger partial charge in [-0.1, -0.05) is 23.9 Å². The molecule has 2 heterocycles. The Morgan fingerprint density at radius 2 is 1.96 bits per heavy atom. The molecule has 0 radical (unpaired) electrons. The first-order chi connectivity index (χ1) is 11.3. The highest BCUT2D eigenvalue weighted by molar-refractivity contribution is 8.14. The summed E-state index contributed by atoms with van der Waals surface area (Å²) in [5, 5.41) is 0.832. The average molecular weight is 364 g/mol. The number of rotatable bonds is 4. The molecule has 7 heteroatoms. The highest BCUT2D eigenvalue weighted by atomic mass is 32.2. The van der Waals surface area contributed by atoms with E-state index in [0.29, 0.717) is 5.56 Å². The van der Waals surface area contributed by atoms with Crippen LogP contribution in [0.4, 0.5) is 5.69 Å². The van der Waals surface area contributed by atoms with E-state index in [0.717, 1.165) is 22.2 Å². The van der Waals surface area contributed by atoms with Crippen LogP contribution in [0.3, 0.4) is 0 Å². The number of hydrogen-bond acceptors (Lipinski definition) is 6. The average Bonchev–Trinajstić information content (AvgIpc) is 2.96. The summed E-state index contributed by atoms with van der Waals surface area (Å²) in [6.45, 7) is 7.40. The molecule has 1 aromatic carbocycles. The number of nitrogens with zero attached hydrogens (tertiary/aromatic N) is 2. The molecule has 0 N–H and O–H groups in total. The van der Waals surface area contributed by atoms with Crippen molar-refractivity contribution in [1.29, 1.82) is 0 Å². The van der Waals surface area contributed by atoms with E-state index in [1.54, 1.807) is 23.9 Å². The van der Waals surface area contributed by atoms with Gasteiger partial charge in [-0.15, -0.1) is 0 Å². The normalized spacial score (nSPS) is 24.6. The van der Waals surface area contributed by atoms with Gasteiger partial charge in [-0.25, -0.2) is 8.42 Å². The summed E-state index contributed by atoms with van der Waals surface area (Å²) in [6, 6.07) is 6.90. The molecule has 0 bridgehead atoms. The van der Waals surface area contributed by atoms with Crippen molar-refractivity contribution < 1.29 is 13.2 Å². The zero-order valence-corrected chi connectivity index (χ0v) is 15.4. The molecule has 0 amide bonds. The largest absolute Gasteiger partial charge is 0.315 e. The van der Waals surface area contributed by atoms with Gasteiger partial charge in [0.05, 0.1) is 23.6 Å². The summed E-state index contributed by atoms with van der Waals surface area (Å²) in [6.07, 6.45) is 0. The molecule has 3 rings (SSSR count). The lowest BCUT2D eigenvalue weighted by atomic mass is 10.1. The number of fused-ring (bicyclic) bond motifs is 1. The van der Waals surface area contributed by atoms with E-state index in [1.165, 1.54) is 6.92 Å². The van der Waals surface area contributed by atoms with Crippen LogP contribution in [0.2, 0.25) is 0 Å². The monoisotopic (exact) mass is 364 g/mol. The van der Waals surface area contributed by atoms with Crippen LogP contribution in [-0.4, -0.2) is 48.7 Å². The van der Waals surface area contributed by atoms with Gasteiger partial charge in [-0.05, 0) is 38.1 Å². The maximum Gasteiger partial charge on any atom is 0.164 e. The van der Waals surface area contributed by atoms with E-state index in [2.05, 4.69) is 11.6 Å². The van der Waals surface area contributed by atoms with Crippen LogP contribution in [0, 0.1) is 0 Å². The summed E-state index contributed by atoms with van der Waals surface area (Å²) >= 11 is 1.58. The van der Waals surface area contributed by atoms with Gasteiger partial charge in [-0.3, -0.25) is 9.79 Å². The summed E-state index contributed by atoms with van der Waals surface area (Å²) < 4.78 is 24.0. The van der Waals surface area contributed by atoms with Crippen molar-refractivity contribution in [2.45, 2.75) is 25.9 Å². The van der Waals surface area contributed by atoms with Crippen LogP contribution < -0.4 is 4.90 Å². The zero-order chi connectivity index (χ0) is 17.5. The van der Waals surface area contributed by atoms with Gasteiger partial charge in [0.15, 0.2) is 20.8 Å². The number of amidine groups is 1. The van der Waals surface area contributed by atoms with E-state index in [1.807, 2.05) is 24.0 Å². The molecule has 2 aliphatic heterocycles. The number of Topliss-reactive ketones (excluding diaryl/α,β-unsaturated/α-hetero) is 1. The second kappa shape index (κ2) is 6.37. The molecule has 0 aliphatic carbocycles. The number of carbonyl (C=O) groups excluding carboxylic acids is 1. The van der Waals surface area contributed by atoms with Gasteiger partial charge in [0.25, 0.3) is 0 Å². The molecule has 24 heavy (non-hydrogen) atoms. The van der Waals surface area contributed by atoms with Crippen molar-refractivity contribution >= 4 is 38.2 Å². The molecule has 128 valence electrons. The van der Waals surface area contributed by atoms with Gasteiger partial charge in [0.2, 0.25) is 0 Å². The van der Waals surface area contributed by atoms with Crippen LogP contribution in [-0.2, 0) is 9.84 Å². The molecule has 1 fully saturated rings. The maximum atomic E-state index is 12.0. The molecule has 1 aromatic rings.